The van der Waals surface area contributed by atoms with E-state index < -0.39 is 0 Å². The lowest BCUT2D eigenvalue weighted by Crippen LogP contribution is -2.35. The summed E-state index contributed by atoms with van der Waals surface area (Å²) in [7, 11) is 0. The van der Waals surface area contributed by atoms with Gasteiger partial charge in [-0.1, -0.05) is 43.3 Å². The molecule has 0 saturated heterocycles. The van der Waals surface area contributed by atoms with Crippen molar-refractivity contribution in [3.8, 4) is 0 Å². The van der Waals surface area contributed by atoms with Crippen LogP contribution in [-0.4, -0.2) is 23.3 Å². The first-order valence-electron chi connectivity index (χ1n) is 8.59. The molecule has 0 atom stereocenters. The number of hydrogen-bond donors (Lipinski definition) is 1. The average molecular weight is 334 g/mol. The molecule has 4 nitrogen and oxygen atoms in total. The zero-order chi connectivity index (χ0) is 17.6. The molecule has 3 rings (SSSR count). The van der Waals surface area contributed by atoms with Gasteiger partial charge in [0.1, 0.15) is 0 Å². The Morgan fingerprint density at radius 3 is 2.68 bits per heavy atom. The minimum atomic E-state index is -0.166. The monoisotopic (exact) mass is 334 g/mol. The predicted octanol–water partition coefficient (Wildman–Crippen LogP) is 3.63. The number of hydrogen-bond acceptors (Lipinski definition) is 2. The van der Waals surface area contributed by atoms with Gasteiger partial charge >= 0.3 is 0 Å². The molecule has 0 aliphatic carbocycles. The molecular weight excluding hydrogens is 312 g/mol. The van der Waals surface area contributed by atoms with Gasteiger partial charge in [-0.2, -0.15) is 0 Å². The second-order valence-corrected chi connectivity index (χ2v) is 6.14. The Labute approximate surface area is 148 Å². The number of amides is 2. The van der Waals surface area contributed by atoms with Crippen LogP contribution in [0.1, 0.15) is 30.0 Å². The summed E-state index contributed by atoms with van der Waals surface area (Å²) in [6.45, 7) is 3.27. The molecule has 1 N–H and O–H groups in total. The Balaban J connectivity index is 1.67. The van der Waals surface area contributed by atoms with Crippen LogP contribution in [0.15, 0.2) is 54.6 Å². The SMILES string of the molecule is CCC(=O)N1CCc2ccc(NC(=O)/C=C/c3ccccc3)cc2C1. The summed E-state index contributed by atoms with van der Waals surface area (Å²) in [5, 5.41) is 2.89. The number of rotatable bonds is 4. The number of carbonyl (C=O) groups excluding carboxylic acids is 2. The predicted molar refractivity (Wildman–Crippen MR) is 100.0 cm³/mol. The first-order chi connectivity index (χ1) is 12.2. The second-order valence-electron chi connectivity index (χ2n) is 6.14. The van der Waals surface area contributed by atoms with E-state index >= 15 is 0 Å². The second kappa shape index (κ2) is 7.79. The topological polar surface area (TPSA) is 49.4 Å². The minimum absolute atomic E-state index is 0.166. The van der Waals surface area contributed by atoms with Crippen molar-refractivity contribution in [1.82, 2.24) is 4.90 Å². The van der Waals surface area contributed by atoms with Crippen LogP contribution >= 0.6 is 0 Å². The van der Waals surface area contributed by atoms with Gasteiger partial charge in [0.2, 0.25) is 11.8 Å². The van der Waals surface area contributed by atoms with Crippen LogP contribution < -0.4 is 5.32 Å². The van der Waals surface area contributed by atoms with Crippen molar-refractivity contribution in [2.24, 2.45) is 0 Å². The van der Waals surface area contributed by atoms with Crippen LogP contribution in [0.2, 0.25) is 0 Å². The van der Waals surface area contributed by atoms with Gasteiger partial charge in [0.05, 0.1) is 0 Å². The summed E-state index contributed by atoms with van der Waals surface area (Å²) >= 11 is 0. The molecule has 1 aliphatic rings. The van der Waals surface area contributed by atoms with Crippen LogP contribution in [0.5, 0.6) is 0 Å². The van der Waals surface area contributed by atoms with Crippen molar-refractivity contribution in [1.29, 1.82) is 0 Å². The third-order valence-electron chi connectivity index (χ3n) is 4.37. The number of nitrogens with one attached hydrogen (secondary N) is 1. The van der Waals surface area contributed by atoms with Gasteiger partial charge in [-0.25, -0.2) is 0 Å². The van der Waals surface area contributed by atoms with Crippen molar-refractivity contribution >= 4 is 23.6 Å². The van der Waals surface area contributed by atoms with Gasteiger partial charge < -0.3 is 10.2 Å². The molecule has 0 aromatic heterocycles. The maximum atomic E-state index is 12.1. The highest BCUT2D eigenvalue weighted by molar-refractivity contribution is 6.02. The van der Waals surface area contributed by atoms with Crippen molar-refractivity contribution in [2.75, 3.05) is 11.9 Å². The van der Waals surface area contributed by atoms with Crippen LogP contribution in [0.4, 0.5) is 5.69 Å². The lowest BCUT2D eigenvalue weighted by Gasteiger charge is -2.29. The summed E-state index contributed by atoms with van der Waals surface area (Å²) in [5.41, 5.74) is 4.10. The van der Waals surface area contributed by atoms with E-state index in [4.69, 9.17) is 0 Å². The van der Waals surface area contributed by atoms with Gasteiger partial charge in [0.15, 0.2) is 0 Å². The molecule has 0 fully saturated rings. The number of carbonyl (C=O) groups is 2. The lowest BCUT2D eigenvalue weighted by atomic mass is 9.99. The highest BCUT2D eigenvalue weighted by atomic mass is 16.2. The molecule has 0 spiro atoms. The fourth-order valence-corrected chi connectivity index (χ4v) is 2.99. The van der Waals surface area contributed by atoms with Gasteiger partial charge in [-0.15, -0.1) is 0 Å². The Bertz CT molecular complexity index is 797. The molecule has 1 aliphatic heterocycles. The number of benzene rings is 2. The standard InChI is InChI=1S/C21H22N2O2/c1-2-21(25)23-13-12-17-9-10-19(14-18(17)15-23)22-20(24)11-8-16-6-4-3-5-7-16/h3-11,14H,2,12-13,15H2,1H3,(H,22,24)/b11-8+. The van der Waals surface area contributed by atoms with E-state index in [0.29, 0.717) is 13.0 Å². The third kappa shape index (κ3) is 4.35. The molecule has 2 amide bonds. The van der Waals surface area contributed by atoms with E-state index in [0.717, 1.165) is 29.8 Å². The first kappa shape index (κ1) is 17.0. The van der Waals surface area contributed by atoms with Gasteiger partial charge in [-0.05, 0) is 41.3 Å². The molecule has 4 heteroatoms. The molecule has 0 unspecified atom stereocenters. The normalized spacial score (nSPS) is 13.6. The van der Waals surface area contributed by atoms with Crippen molar-refractivity contribution < 1.29 is 9.59 Å². The lowest BCUT2D eigenvalue weighted by molar-refractivity contribution is -0.131. The van der Waals surface area contributed by atoms with Gasteiger partial charge in [-0.3, -0.25) is 9.59 Å². The Kier molecular flexibility index (Phi) is 5.29. The Hall–Kier alpha value is -2.88. The Morgan fingerprint density at radius 1 is 1.12 bits per heavy atom. The highest BCUT2D eigenvalue weighted by Gasteiger charge is 2.19. The maximum absolute atomic E-state index is 12.1. The van der Waals surface area contributed by atoms with Crippen molar-refractivity contribution in [2.45, 2.75) is 26.3 Å². The molecule has 0 radical (unpaired) electrons. The van der Waals surface area contributed by atoms with E-state index in [1.54, 1.807) is 6.08 Å². The van der Waals surface area contributed by atoms with Crippen LogP contribution in [0.25, 0.3) is 6.08 Å². The van der Waals surface area contributed by atoms with Crippen molar-refractivity contribution in [3.63, 3.8) is 0 Å². The van der Waals surface area contributed by atoms with E-state index in [1.807, 2.05) is 60.4 Å². The van der Waals surface area contributed by atoms with E-state index in [9.17, 15) is 9.59 Å². The summed E-state index contributed by atoms with van der Waals surface area (Å²) in [6, 6.07) is 15.6. The molecule has 0 saturated carbocycles. The van der Waals surface area contributed by atoms with E-state index in [1.165, 1.54) is 11.6 Å². The third-order valence-corrected chi connectivity index (χ3v) is 4.37. The quantitative estimate of drug-likeness (QED) is 0.868. The molecule has 25 heavy (non-hydrogen) atoms. The van der Waals surface area contributed by atoms with Gasteiger partial charge in [0, 0.05) is 31.3 Å². The Morgan fingerprint density at radius 2 is 1.92 bits per heavy atom. The molecule has 2 aromatic rings. The smallest absolute Gasteiger partial charge is 0.248 e. The summed E-state index contributed by atoms with van der Waals surface area (Å²) in [4.78, 5) is 25.9. The zero-order valence-electron chi connectivity index (χ0n) is 14.4. The van der Waals surface area contributed by atoms with Crippen LogP contribution in [0.3, 0.4) is 0 Å². The zero-order valence-corrected chi connectivity index (χ0v) is 14.4. The molecular formula is C21H22N2O2. The summed E-state index contributed by atoms with van der Waals surface area (Å²) < 4.78 is 0. The van der Waals surface area contributed by atoms with Gasteiger partial charge in [0.25, 0.3) is 0 Å². The number of anilines is 1. The van der Waals surface area contributed by atoms with Crippen LogP contribution in [-0.2, 0) is 22.6 Å². The highest BCUT2D eigenvalue weighted by Crippen LogP contribution is 2.23. The summed E-state index contributed by atoms with van der Waals surface area (Å²) in [5.74, 6) is 0.00647. The molecule has 1 heterocycles. The number of nitrogens with zero attached hydrogens (tertiary/aromatic N) is 1. The maximum Gasteiger partial charge on any atom is 0.248 e. The molecule has 128 valence electrons. The number of fused-ring (bicyclic) bond motifs is 1. The van der Waals surface area contributed by atoms with Crippen LogP contribution in [0, 0.1) is 0 Å². The summed E-state index contributed by atoms with van der Waals surface area (Å²) in [6.07, 6.45) is 4.70. The minimum Gasteiger partial charge on any atom is -0.338 e. The largest absolute Gasteiger partial charge is 0.338 e. The van der Waals surface area contributed by atoms with Crippen molar-refractivity contribution in [3.05, 3.63) is 71.3 Å². The first-order valence-corrected chi connectivity index (χ1v) is 8.59. The van der Waals surface area contributed by atoms with E-state index in [-0.39, 0.29) is 11.8 Å². The fourth-order valence-electron chi connectivity index (χ4n) is 2.99. The van der Waals surface area contributed by atoms with E-state index in [2.05, 4.69) is 5.32 Å². The average Bonchev–Trinajstić information content (AvgIpc) is 2.66. The molecule has 0 bridgehead atoms. The molecule has 2 aromatic carbocycles. The fraction of sp³-hybridized carbons (Fsp3) is 0.238.